The molecule has 2 saturated heterocycles. The van der Waals surface area contributed by atoms with Crippen molar-refractivity contribution in [2.24, 2.45) is 5.41 Å². The summed E-state index contributed by atoms with van der Waals surface area (Å²) in [4.78, 5) is 0. The van der Waals surface area contributed by atoms with Crippen molar-refractivity contribution >= 4 is 0 Å². The molecule has 2 rings (SSSR count). The first-order valence-electron chi connectivity index (χ1n) is 5.10. The molecule has 2 heterocycles. The van der Waals surface area contributed by atoms with Crippen LogP contribution in [0.1, 0.15) is 26.2 Å². The molecule has 3 atom stereocenters. The van der Waals surface area contributed by atoms with E-state index >= 15 is 0 Å². The summed E-state index contributed by atoms with van der Waals surface area (Å²) in [5.41, 5.74) is 0.382. The van der Waals surface area contributed by atoms with Crippen LogP contribution in [0.4, 0.5) is 0 Å². The van der Waals surface area contributed by atoms with Gasteiger partial charge in [-0.1, -0.05) is 0 Å². The molecule has 0 aromatic rings. The van der Waals surface area contributed by atoms with Crippen molar-refractivity contribution in [2.45, 2.75) is 38.3 Å². The summed E-state index contributed by atoms with van der Waals surface area (Å²) >= 11 is 0. The van der Waals surface area contributed by atoms with Crippen LogP contribution in [0.3, 0.4) is 0 Å². The first-order valence-corrected chi connectivity index (χ1v) is 5.10. The fourth-order valence-electron chi connectivity index (χ4n) is 2.44. The molecule has 1 spiro atoms. The van der Waals surface area contributed by atoms with E-state index in [1.165, 1.54) is 12.8 Å². The Labute approximate surface area is 79.5 Å². The second-order valence-corrected chi connectivity index (χ2v) is 4.59. The lowest BCUT2D eigenvalue weighted by atomic mass is 9.77. The molecule has 0 bridgehead atoms. The second-order valence-electron chi connectivity index (χ2n) is 4.59. The quantitative estimate of drug-likeness (QED) is 0.573. The highest BCUT2D eigenvalue weighted by molar-refractivity contribution is 5.05. The largest absolute Gasteiger partial charge is 0.314 e. The summed E-state index contributed by atoms with van der Waals surface area (Å²) in [6.07, 6.45) is 3.55. The van der Waals surface area contributed by atoms with Gasteiger partial charge in [-0.2, -0.15) is 5.26 Å². The molecule has 2 aliphatic heterocycles. The third kappa shape index (κ3) is 1.70. The summed E-state index contributed by atoms with van der Waals surface area (Å²) < 4.78 is 0. The molecule has 3 unspecified atom stereocenters. The smallest absolute Gasteiger partial charge is 0.0959 e. The number of hydrogen-bond acceptors (Lipinski definition) is 3. The zero-order valence-electron chi connectivity index (χ0n) is 8.14. The fraction of sp³-hybridized carbons (Fsp3) is 0.900. The molecule has 0 saturated carbocycles. The lowest BCUT2D eigenvalue weighted by Crippen LogP contribution is -2.45. The van der Waals surface area contributed by atoms with Gasteiger partial charge in [0.2, 0.25) is 0 Å². The molecule has 0 aromatic carbocycles. The predicted octanol–water partition coefficient (Wildman–Crippen LogP) is 0.630. The first-order chi connectivity index (χ1) is 6.24. The molecule has 0 aliphatic carbocycles. The lowest BCUT2D eigenvalue weighted by molar-refractivity contribution is 0.204. The third-order valence-electron chi connectivity index (χ3n) is 3.45. The van der Waals surface area contributed by atoms with Crippen LogP contribution in [0.15, 0.2) is 0 Å². The van der Waals surface area contributed by atoms with Gasteiger partial charge < -0.3 is 10.6 Å². The molecule has 13 heavy (non-hydrogen) atoms. The Morgan fingerprint density at radius 1 is 1.38 bits per heavy atom. The summed E-state index contributed by atoms with van der Waals surface area (Å²) in [5, 5.41) is 15.6. The third-order valence-corrected chi connectivity index (χ3v) is 3.45. The van der Waals surface area contributed by atoms with Crippen LogP contribution in [-0.2, 0) is 0 Å². The Balaban J connectivity index is 1.96. The Bertz CT molecular complexity index is 223. The number of nitrogens with one attached hydrogen (secondary N) is 2. The minimum Gasteiger partial charge on any atom is -0.314 e. The van der Waals surface area contributed by atoms with Crippen molar-refractivity contribution in [1.29, 1.82) is 5.26 Å². The van der Waals surface area contributed by atoms with Gasteiger partial charge in [0, 0.05) is 19.1 Å². The fourth-order valence-corrected chi connectivity index (χ4v) is 2.44. The zero-order valence-corrected chi connectivity index (χ0v) is 8.14. The lowest BCUT2D eigenvalue weighted by Gasteiger charge is -2.36. The number of nitriles is 1. The number of hydrogen-bond donors (Lipinski definition) is 2. The van der Waals surface area contributed by atoms with Crippen molar-refractivity contribution in [1.82, 2.24) is 10.6 Å². The minimum absolute atomic E-state index is 0.0928. The van der Waals surface area contributed by atoms with Crippen LogP contribution in [0.2, 0.25) is 0 Å². The number of piperidine rings is 1. The molecule has 3 nitrogen and oxygen atoms in total. The standard InChI is InChI=1S/C10H17N3/c1-8-2-3-10(6-12-8)4-9(5-11)13-7-10/h8-9,12-13H,2-4,6-7H2,1H3. The van der Waals surface area contributed by atoms with Crippen LogP contribution in [0, 0.1) is 16.7 Å². The van der Waals surface area contributed by atoms with Crippen LogP contribution < -0.4 is 10.6 Å². The van der Waals surface area contributed by atoms with Gasteiger partial charge >= 0.3 is 0 Å². The molecule has 0 aromatic heterocycles. The van der Waals surface area contributed by atoms with Gasteiger partial charge in [-0.05, 0) is 31.6 Å². The highest BCUT2D eigenvalue weighted by Gasteiger charge is 2.40. The van der Waals surface area contributed by atoms with Crippen molar-refractivity contribution in [2.75, 3.05) is 13.1 Å². The van der Waals surface area contributed by atoms with E-state index in [1.807, 2.05) is 0 Å². The van der Waals surface area contributed by atoms with E-state index < -0.39 is 0 Å². The van der Waals surface area contributed by atoms with E-state index in [4.69, 9.17) is 5.26 Å². The van der Waals surface area contributed by atoms with Gasteiger partial charge in [0.25, 0.3) is 0 Å². The molecular formula is C10H17N3. The SMILES string of the molecule is CC1CCC2(CN1)CNC(C#N)C2. The Morgan fingerprint density at radius 3 is 2.69 bits per heavy atom. The summed E-state index contributed by atoms with van der Waals surface area (Å²) in [6.45, 7) is 4.33. The van der Waals surface area contributed by atoms with Crippen molar-refractivity contribution in [3.05, 3.63) is 0 Å². The van der Waals surface area contributed by atoms with E-state index in [0.29, 0.717) is 11.5 Å². The van der Waals surface area contributed by atoms with Gasteiger partial charge in [0.15, 0.2) is 0 Å². The van der Waals surface area contributed by atoms with Gasteiger partial charge in [-0.3, -0.25) is 0 Å². The molecular weight excluding hydrogens is 162 g/mol. The summed E-state index contributed by atoms with van der Waals surface area (Å²) in [5.74, 6) is 0. The van der Waals surface area contributed by atoms with Crippen molar-refractivity contribution in [3.63, 3.8) is 0 Å². The average Bonchev–Trinajstić information content (AvgIpc) is 2.55. The molecule has 3 heteroatoms. The van der Waals surface area contributed by atoms with Crippen molar-refractivity contribution in [3.8, 4) is 6.07 Å². The molecule has 0 amide bonds. The van der Waals surface area contributed by atoms with Crippen LogP contribution >= 0.6 is 0 Å². The topological polar surface area (TPSA) is 47.8 Å². The van der Waals surface area contributed by atoms with E-state index in [-0.39, 0.29) is 6.04 Å². The summed E-state index contributed by atoms with van der Waals surface area (Å²) in [6, 6.07) is 3.06. The average molecular weight is 179 g/mol. The number of nitrogens with zero attached hydrogens (tertiary/aromatic N) is 1. The normalized spacial score (nSPS) is 44.9. The minimum atomic E-state index is 0.0928. The first kappa shape index (κ1) is 8.98. The second kappa shape index (κ2) is 3.28. The maximum absolute atomic E-state index is 8.80. The molecule has 2 aliphatic rings. The van der Waals surface area contributed by atoms with Crippen molar-refractivity contribution < 1.29 is 0 Å². The van der Waals surface area contributed by atoms with Gasteiger partial charge in [0.05, 0.1) is 12.1 Å². The van der Waals surface area contributed by atoms with Crippen LogP contribution in [0.5, 0.6) is 0 Å². The molecule has 0 radical (unpaired) electrons. The van der Waals surface area contributed by atoms with Gasteiger partial charge in [-0.25, -0.2) is 0 Å². The zero-order chi connectivity index (χ0) is 9.31. The Hall–Kier alpha value is -0.590. The maximum atomic E-state index is 8.80. The highest BCUT2D eigenvalue weighted by Crippen LogP contribution is 2.36. The van der Waals surface area contributed by atoms with Crippen LogP contribution in [0.25, 0.3) is 0 Å². The molecule has 2 fully saturated rings. The van der Waals surface area contributed by atoms with E-state index in [1.54, 1.807) is 0 Å². The van der Waals surface area contributed by atoms with E-state index in [0.717, 1.165) is 19.5 Å². The summed E-state index contributed by atoms with van der Waals surface area (Å²) in [7, 11) is 0. The Morgan fingerprint density at radius 2 is 2.15 bits per heavy atom. The van der Waals surface area contributed by atoms with Gasteiger partial charge in [0.1, 0.15) is 0 Å². The maximum Gasteiger partial charge on any atom is 0.0959 e. The van der Waals surface area contributed by atoms with Crippen LogP contribution in [-0.4, -0.2) is 25.2 Å². The Kier molecular flexibility index (Phi) is 2.27. The van der Waals surface area contributed by atoms with E-state index in [9.17, 15) is 0 Å². The molecule has 2 N–H and O–H groups in total. The molecule has 72 valence electrons. The number of rotatable bonds is 0. The monoisotopic (exact) mass is 179 g/mol. The highest BCUT2D eigenvalue weighted by atomic mass is 15.0. The van der Waals surface area contributed by atoms with E-state index in [2.05, 4.69) is 23.6 Å². The predicted molar refractivity (Wildman–Crippen MR) is 51.2 cm³/mol. The van der Waals surface area contributed by atoms with Gasteiger partial charge in [-0.15, -0.1) is 0 Å².